The molecule has 1 saturated heterocycles. The number of nitrogen functional groups attached to an aromatic ring is 1. The number of nitrogens with one attached hydrogen (secondary N) is 1. The van der Waals surface area contributed by atoms with E-state index < -0.39 is 17.8 Å². The van der Waals surface area contributed by atoms with Gasteiger partial charge in [-0.25, -0.2) is 27.7 Å². The SMILES string of the molecule is COc1cc2ncc(-c3nc(N)c(F)cc3F)n2nc1C1CC1.FC1CCCNC1. The topological polar surface area (TPSA) is 90.4 Å². The lowest BCUT2D eigenvalue weighted by Gasteiger charge is -2.14. The highest BCUT2D eigenvalue weighted by Crippen LogP contribution is 2.43. The standard InChI is InChI=1S/C15H13F2N5O.C5H10FN/c1-23-11-5-12-19-6-10(22(12)21-13(11)7-2-3-7)14-8(16)4-9(17)15(18)20-14;6-5-2-1-3-7-4-5/h4-7H,2-3H2,1H3,(H2,18,20);5,7H,1-4H2. The van der Waals surface area contributed by atoms with Crippen LogP contribution in [0.15, 0.2) is 18.3 Å². The summed E-state index contributed by atoms with van der Waals surface area (Å²) in [6.45, 7) is 1.57. The van der Waals surface area contributed by atoms with Gasteiger partial charge in [0.2, 0.25) is 0 Å². The number of alkyl halides is 1. The van der Waals surface area contributed by atoms with Crippen molar-refractivity contribution in [2.24, 2.45) is 0 Å². The van der Waals surface area contributed by atoms with Gasteiger partial charge in [0.05, 0.1) is 13.3 Å². The molecule has 3 aromatic rings. The van der Waals surface area contributed by atoms with Crippen molar-refractivity contribution in [2.45, 2.75) is 37.8 Å². The third kappa shape index (κ3) is 4.18. The molecule has 3 N–H and O–H groups in total. The Morgan fingerprint density at radius 2 is 2.00 bits per heavy atom. The van der Waals surface area contributed by atoms with Crippen LogP contribution in [0, 0.1) is 11.6 Å². The molecule has 10 heteroatoms. The molecule has 2 aliphatic rings. The van der Waals surface area contributed by atoms with Gasteiger partial charge in [0.1, 0.15) is 29.0 Å². The Kier molecular flexibility index (Phi) is 5.76. The van der Waals surface area contributed by atoms with Crippen molar-refractivity contribution in [3.63, 3.8) is 0 Å². The third-order valence-corrected chi connectivity index (χ3v) is 5.10. The van der Waals surface area contributed by atoms with Crippen LogP contribution >= 0.6 is 0 Å². The van der Waals surface area contributed by atoms with Crippen molar-refractivity contribution in [3.05, 3.63) is 35.7 Å². The van der Waals surface area contributed by atoms with Crippen molar-refractivity contribution in [1.29, 1.82) is 0 Å². The minimum Gasteiger partial charge on any atom is -0.495 e. The molecular formula is C20H23F3N6O. The number of imidazole rings is 1. The first-order valence-corrected chi connectivity index (χ1v) is 9.87. The number of aromatic nitrogens is 4. The van der Waals surface area contributed by atoms with Gasteiger partial charge < -0.3 is 15.8 Å². The molecule has 7 nitrogen and oxygen atoms in total. The number of nitrogens with zero attached hydrogens (tertiary/aromatic N) is 4. The summed E-state index contributed by atoms with van der Waals surface area (Å²) in [6.07, 6.45) is 4.69. The van der Waals surface area contributed by atoms with Gasteiger partial charge in [-0.3, -0.25) is 0 Å². The molecular weight excluding hydrogens is 397 g/mol. The first-order chi connectivity index (χ1) is 14.5. The number of anilines is 1. The van der Waals surface area contributed by atoms with Gasteiger partial charge in [0, 0.05) is 24.6 Å². The summed E-state index contributed by atoms with van der Waals surface area (Å²) < 4.78 is 46.4. The molecule has 30 heavy (non-hydrogen) atoms. The fourth-order valence-electron chi connectivity index (χ4n) is 3.35. The molecule has 1 saturated carbocycles. The number of ether oxygens (including phenoxy) is 1. The summed E-state index contributed by atoms with van der Waals surface area (Å²) in [5, 5.41) is 7.48. The van der Waals surface area contributed by atoms with E-state index in [1.54, 1.807) is 13.2 Å². The van der Waals surface area contributed by atoms with Gasteiger partial charge in [-0.05, 0) is 32.2 Å². The van der Waals surface area contributed by atoms with Crippen molar-refractivity contribution in [2.75, 3.05) is 25.9 Å². The molecule has 1 unspecified atom stereocenters. The smallest absolute Gasteiger partial charge is 0.168 e. The van der Waals surface area contributed by atoms with Crippen LogP contribution in [0.5, 0.6) is 5.75 Å². The van der Waals surface area contributed by atoms with Gasteiger partial charge in [-0.1, -0.05) is 0 Å². The highest BCUT2D eigenvalue weighted by molar-refractivity contribution is 5.63. The largest absolute Gasteiger partial charge is 0.495 e. The number of hydrogen-bond donors (Lipinski definition) is 2. The average molecular weight is 420 g/mol. The summed E-state index contributed by atoms with van der Waals surface area (Å²) in [7, 11) is 1.57. The minimum absolute atomic E-state index is 0.0872. The van der Waals surface area contributed by atoms with Gasteiger partial charge in [0.15, 0.2) is 23.1 Å². The Labute approximate surface area is 171 Å². The van der Waals surface area contributed by atoms with E-state index in [0.29, 0.717) is 35.6 Å². The number of methoxy groups -OCH3 is 1. The zero-order valence-corrected chi connectivity index (χ0v) is 16.5. The number of rotatable bonds is 3. The van der Waals surface area contributed by atoms with E-state index in [9.17, 15) is 13.2 Å². The summed E-state index contributed by atoms with van der Waals surface area (Å²) in [6, 6.07) is 2.46. The first kappa shape index (κ1) is 20.4. The number of piperidine rings is 1. The second kappa shape index (κ2) is 8.47. The van der Waals surface area contributed by atoms with Gasteiger partial charge >= 0.3 is 0 Å². The van der Waals surface area contributed by atoms with E-state index in [2.05, 4.69) is 20.4 Å². The van der Waals surface area contributed by atoms with Crippen LogP contribution < -0.4 is 15.8 Å². The normalized spacial score (nSPS) is 18.7. The number of hydrogen-bond acceptors (Lipinski definition) is 6. The lowest BCUT2D eigenvalue weighted by Crippen LogP contribution is -2.30. The van der Waals surface area contributed by atoms with E-state index >= 15 is 0 Å². The minimum atomic E-state index is -0.895. The molecule has 1 aliphatic heterocycles. The van der Waals surface area contributed by atoms with E-state index in [1.165, 1.54) is 10.7 Å². The van der Waals surface area contributed by atoms with E-state index in [1.807, 2.05) is 0 Å². The molecule has 3 aromatic heterocycles. The highest BCUT2D eigenvalue weighted by atomic mass is 19.1. The van der Waals surface area contributed by atoms with Gasteiger partial charge in [-0.2, -0.15) is 5.10 Å². The molecule has 0 spiro atoms. The quantitative estimate of drug-likeness (QED) is 0.676. The molecule has 5 rings (SSSR count). The van der Waals surface area contributed by atoms with E-state index in [0.717, 1.165) is 37.9 Å². The zero-order chi connectivity index (χ0) is 21.3. The predicted octanol–water partition coefficient (Wildman–Crippen LogP) is 3.25. The Balaban J connectivity index is 0.000000265. The number of halogens is 3. The van der Waals surface area contributed by atoms with Crippen LogP contribution in [-0.4, -0.2) is 46.0 Å². The summed E-state index contributed by atoms with van der Waals surface area (Å²) >= 11 is 0. The lowest BCUT2D eigenvalue weighted by molar-refractivity contribution is 0.266. The van der Waals surface area contributed by atoms with Crippen molar-refractivity contribution in [3.8, 4) is 17.1 Å². The highest BCUT2D eigenvalue weighted by Gasteiger charge is 2.30. The summed E-state index contributed by atoms with van der Waals surface area (Å²) in [4.78, 5) is 7.99. The molecule has 1 atom stereocenters. The third-order valence-electron chi connectivity index (χ3n) is 5.10. The maximum Gasteiger partial charge on any atom is 0.168 e. The Hall–Kier alpha value is -2.88. The van der Waals surface area contributed by atoms with Crippen LogP contribution in [0.25, 0.3) is 17.0 Å². The maximum absolute atomic E-state index is 14.1. The number of pyridine rings is 1. The molecule has 0 bridgehead atoms. The van der Waals surface area contributed by atoms with Crippen molar-refractivity contribution in [1.82, 2.24) is 24.9 Å². The summed E-state index contributed by atoms with van der Waals surface area (Å²) in [5.74, 6) is -1.09. The molecule has 0 amide bonds. The van der Waals surface area contributed by atoms with Gasteiger partial charge in [0.25, 0.3) is 0 Å². The Bertz CT molecular complexity index is 1050. The maximum atomic E-state index is 14.1. The van der Waals surface area contributed by atoms with Crippen LogP contribution in [0.4, 0.5) is 19.0 Å². The average Bonchev–Trinajstić information content (AvgIpc) is 3.51. The number of nitrogens with two attached hydrogens (primary N) is 1. The fourth-order valence-corrected chi connectivity index (χ4v) is 3.35. The van der Waals surface area contributed by atoms with Crippen LogP contribution in [-0.2, 0) is 0 Å². The first-order valence-electron chi connectivity index (χ1n) is 9.87. The van der Waals surface area contributed by atoms with Crippen LogP contribution in [0.2, 0.25) is 0 Å². The molecule has 2 fully saturated rings. The zero-order valence-electron chi connectivity index (χ0n) is 16.5. The molecule has 0 aromatic carbocycles. The van der Waals surface area contributed by atoms with E-state index in [-0.39, 0.29) is 11.5 Å². The van der Waals surface area contributed by atoms with Crippen LogP contribution in [0.1, 0.15) is 37.3 Å². The van der Waals surface area contributed by atoms with Gasteiger partial charge in [-0.15, -0.1) is 0 Å². The Morgan fingerprint density at radius 1 is 1.20 bits per heavy atom. The molecule has 4 heterocycles. The second-order valence-electron chi connectivity index (χ2n) is 7.42. The van der Waals surface area contributed by atoms with Crippen LogP contribution in [0.3, 0.4) is 0 Å². The molecule has 1 aliphatic carbocycles. The number of fused-ring (bicyclic) bond motifs is 1. The predicted molar refractivity (Wildman–Crippen MR) is 106 cm³/mol. The second-order valence-corrected chi connectivity index (χ2v) is 7.42. The Morgan fingerprint density at radius 3 is 2.60 bits per heavy atom. The summed E-state index contributed by atoms with van der Waals surface area (Å²) in [5.41, 5.74) is 6.97. The monoisotopic (exact) mass is 420 g/mol. The van der Waals surface area contributed by atoms with Crippen molar-refractivity contribution >= 4 is 11.5 Å². The van der Waals surface area contributed by atoms with E-state index in [4.69, 9.17) is 10.5 Å². The van der Waals surface area contributed by atoms with Crippen molar-refractivity contribution < 1.29 is 17.9 Å². The molecule has 0 radical (unpaired) electrons. The lowest BCUT2D eigenvalue weighted by atomic mass is 10.1. The molecule has 160 valence electrons. The fraction of sp³-hybridized carbons (Fsp3) is 0.450.